The fourth-order valence-corrected chi connectivity index (χ4v) is 17.3. The molecule has 1 atom stereocenters. The Morgan fingerprint density at radius 3 is 1.63 bits per heavy atom. The fraction of sp³-hybridized carbons (Fsp3) is 1.00. The molecule has 0 aliphatic heterocycles. The molecule has 0 saturated carbocycles. The second-order valence-electron chi connectivity index (χ2n) is 6.17. The third-order valence-corrected chi connectivity index (χ3v) is 18.5. The van der Waals surface area contributed by atoms with E-state index in [9.17, 15) is 0 Å². The van der Waals surface area contributed by atoms with Crippen LogP contribution in [-0.4, -0.2) is 35.6 Å². The van der Waals surface area contributed by atoms with Crippen molar-refractivity contribution in [3.8, 4) is 0 Å². The number of unbranched alkanes of at least 4 members (excludes halogenated alkanes) is 3. The molecule has 0 aromatic heterocycles. The van der Waals surface area contributed by atoms with Gasteiger partial charge in [0.15, 0.2) is 0 Å². The topological polar surface area (TPSA) is 35.2 Å². The second kappa shape index (κ2) is 12.5. The van der Waals surface area contributed by atoms with E-state index in [2.05, 4.69) is 27.7 Å². The van der Waals surface area contributed by atoms with E-state index in [0.29, 0.717) is 6.54 Å². The average molecular weight is 378 g/mol. The Kier molecular flexibility index (Phi) is 12.9. The number of hydrogen-bond acceptors (Lipinski definition) is 2. The summed E-state index contributed by atoms with van der Waals surface area (Å²) in [5, 5.41) is 0. The van der Waals surface area contributed by atoms with Gasteiger partial charge in [0.05, 0.1) is 0 Å². The van der Waals surface area contributed by atoms with E-state index in [1.807, 2.05) is 0 Å². The van der Waals surface area contributed by atoms with Crippen LogP contribution in [0.5, 0.6) is 0 Å². The Morgan fingerprint density at radius 1 is 0.895 bits per heavy atom. The Morgan fingerprint density at radius 2 is 1.32 bits per heavy atom. The van der Waals surface area contributed by atoms with Crippen molar-refractivity contribution < 1.29 is 4.74 Å². The van der Waals surface area contributed by atoms with Crippen LogP contribution < -0.4 is 5.73 Å². The Hall–Kier alpha value is 0.719. The molecule has 0 bridgehead atoms. The van der Waals surface area contributed by atoms with Gasteiger partial charge in [-0.2, -0.15) is 0 Å². The molecule has 0 saturated heterocycles. The first-order chi connectivity index (χ1) is 9.14. The summed E-state index contributed by atoms with van der Waals surface area (Å²) >= 11 is -2.05. The van der Waals surface area contributed by atoms with Crippen molar-refractivity contribution >= 4 is 18.4 Å². The van der Waals surface area contributed by atoms with Gasteiger partial charge in [0.25, 0.3) is 0 Å². The van der Waals surface area contributed by atoms with Crippen LogP contribution in [0.2, 0.25) is 13.3 Å². The number of nitrogens with two attached hydrogens (primary N) is 1. The summed E-state index contributed by atoms with van der Waals surface area (Å²) in [5.74, 6) is 0. The van der Waals surface area contributed by atoms with Crippen molar-refractivity contribution in [1.29, 1.82) is 0 Å². The molecule has 2 nitrogen and oxygen atoms in total. The van der Waals surface area contributed by atoms with Crippen LogP contribution in [0.15, 0.2) is 0 Å². The number of hydrogen-bond donors (Lipinski definition) is 1. The monoisotopic (exact) mass is 379 g/mol. The van der Waals surface area contributed by atoms with Crippen LogP contribution in [0.25, 0.3) is 0 Å². The van der Waals surface area contributed by atoms with Crippen molar-refractivity contribution in [2.24, 2.45) is 5.73 Å². The molecule has 0 aromatic carbocycles. The van der Waals surface area contributed by atoms with Gasteiger partial charge in [0.2, 0.25) is 0 Å². The summed E-state index contributed by atoms with van der Waals surface area (Å²) in [4.78, 5) is 0. The average Bonchev–Trinajstić information content (AvgIpc) is 2.45. The minimum atomic E-state index is -2.05. The van der Waals surface area contributed by atoms with Gasteiger partial charge in [-0.05, 0) is 0 Å². The summed E-state index contributed by atoms with van der Waals surface area (Å²) < 4.78 is 11.8. The van der Waals surface area contributed by atoms with Crippen LogP contribution in [0.4, 0.5) is 0 Å². The zero-order chi connectivity index (χ0) is 14.6. The number of ether oxygens (including phenoxy) is 1. The van der Waals surface area contributed by atoms with E-state index >= 15 is 0 Å². The zero-order valence-corrected chi connectivity index (χ0v) is 16.7. The maximum absolute atomic E-state index is 6.12. The molecule has 116 valence electrons. The first kappa shape index (κ1) is 19.7. The predicted octanol–water partition coefficient (Wildman–Crippen LogP) is 4.74. The van der Waals surface area contributed by atoms with Crippen molar-refractivity contribution in [3.05, 3.63) is 0 Å². The van der Waals surface area contributed by atoms with Crippen LogP contribution in [0.1, 0.15) is 66.2 Å². The Balaban J connectivity index is 4.56. The fourth-order valence-electron chi connectivity index (χ4n) is 2.63. The van der Waals surface area contributed by atoms with Gasteiger partial charge >= 0.3 is 126 Å². The van der Waals surface area contributed by atoms with E-state index in [1.54, 1.807) is 0 Å². The van der Waals surface area contributed by atoms with E-state index in [1.165, 1.54) is 51.8 Å². The van der Waals surface area contributed by atoms with Crippen molar-refractivity contribution in [1.82, 2.24) is 0 Å². The molecule has 19 heavy (non-hydrogen) atoms. The molecular weight excluding hydrogens is 341 g/mol. The quantitative estimate of drug-likeness (QED) is 0.470. The maximum atomic E-state index is 6.12. The number of rotatable bonds is 13. The first-order valence-electron chi connectivity index (χ1n) is 8.45. The van der Waals surface area contributed by atoms with Gasteiger partial charge in [0, 0.05) is 0 Å². The molecule has 0 amide bonds. The Labute approximate surface area is 125 Å². The van der Waals surface area contributed by atoms with Crippen LogP contribution in [-0.2, 0) is 4.74 Å². The standard InChI is InChI=1S/C4H10NO.3C4H9.Sn/c1-4(3-5)6-2;3*1-3-4-2;/h4H,2-3,5H2,1H3;3*1,3-4H2,2H3;. The first-order valence-corrected chi connectivity index (χ1v) is 16.5. The van der Waals surface area contributed by atoms with E-state index in [-0.39, 0.29) is 6.10 Å². The molecule has 0 aliphatic carbocycles. The minimum absolute atomic E-state index is 0.251. The van der Waals surface area contributed by atoms with Gasteiger partial charge in [-0.3, -0.25) is 0 Å². The van der Waals surface area contributed by atoms with Gasteiger partial charge in [0.1, 0.15) is 0 Å². The molecule has 0 rings (SSSR count). The molecule has 3 heteroatoms. The van der Waals surface area contributed by atoms with Gasteiger partial charge in [-0.15, -0.1) is 0 Å². The third-order valence-electron chi connectivity index (χ3n) is 4.19. The predicted molar refractivity (Wildman–Crippen MR) is 89.4 cm³/mol. The summed E-state index contributed by atoms with van der Waals surface area (Å²) in [7, 11) is 0. The molecule has 0 heterocycles. The van der Waals surface area contributed by atoms with Gasteiger partial charge < -0.3 is 0 Å². The van der Waals surface area contributed by atoms with E-state index < -0.39 is 18.4 Å². The molecule has 0 fully saturated rings. The molecule has 1 unspecified atom stereocenters. The molecule has 2 N–H and O–H groups in total. The van der Waals surface area contributed by atoms with Crippen molar-refractivity contribution in [3.63, 3.8) is 0 Å². The normalized spacial score (nSPS) is 13.7. The molecule has 0 spiro atoms. The Bertz CT molecular complexity index is 177. The van der Waals surface area contributed by atoms with Crippen LogP contribution in [0.3, 0.4) is 0 Å². The van der Waals surface area contributed by atoms with E-state index in [0.717, 1.165) is 4.62 Å². The summed E-state index contributed by atoms with van der Waals surface area (Å²) in [6.45, 7) is 9.74. The molecular formula is C16H37NOSn. The van der Waals surface area contributed by atoms with Crippen molar-refractivity contribution in [2.75, 3.05) is 11.2 Å². The molecule has 0 radical (unpaired) electrons. The van der Waals surface area contributed by atoms with Crippen molar-refractivity contribution in [2.45, 2.75) is 85.6 Å². The summed E-state index contributed by atoms with van der Waals surface area (Å²) in [5.41, 5.74) is 5.70. The van der Waals surface area contributed by atoms with Gasteiger partial charge in [-0.1, -0.05) is 0 Å². The molecule has 0 aliphatic rings. The molecule has 0 aromatic rings. The third kappa shape index (κ3) is 9.30. The summed E-state index contributed by atoms with van der Waals surface area (Å²) in [6.07, 6.45) is 8.52. The van der Waals surface area contributed by atoms with E-state index in [4.69, 9.17) is 10.5 Å². The zero-order valence-electron chi connectivity index (χ0n) is 13.8. The SMILES string of the molecule is CCC[CH2][Sn]([CH2]CCC)([CH2]CCC)[CH2]OC(C)CN. The van der Waals surface area contributed by atoms with Gasteiger partial charge in [-0.25, -0.2) is 0 Å². The van der Waals surface area contributed by atoms with Crippen LogP contribution in [0, 0.1) is 0 Å². The second-order valence-corrected chi connectivity index (χ2v) is 19.8. The van der Waals surface area contributed by atoms with Crippen LogP contribution >= 0.6 is 0 Å². The summed E-state index contributed by atoms with van der Waals surface area (Å²) in [6, 6.07) is 0.